The predicted molar refractivity (Wildman–Crippen MR) is 114 cm³/mol. The van der Waals surface area contributed by atoms with E-state index in [1.807, 2.05) is 42.5 Å². The Kier molecular flexibility index (Phi) is 6.65. The third-order valence-electron chi connectivity index (χ3n) is 4.63. The van der Waals surface area contributed by atoms with Gasteiger partial charge in [0.15, 0.2) is 0 Å². The lowest BCUT2D eigenvalue weighted by Gasteiger charge is -2.08. The first-order chi connectivity index (χ1) is 14.0. The average molecular weight is 393 g/mol. The van der Waals surface area contributed by atoms with E-state index in [-0.39, 0.29) is 0 Å². The number of alkyl halides is 3. The number of halogens is 3. The van der Waals surface area contributed by atoms with Crippen LogP contribution in [-0.4, -0.2) is 6.21 Å². The van der Waals surface area contributed by atoms with Crippen LogP contribution in [0.5, 0.6) is 0 Å². The number of hydrogen-bond acceptors (Lipinski definition) is 1. The summed E-state index contributed by atoms with van der Waals surface area (Å²) in [7, 11) is 0. The Morgan fingerprint density at radius 2 is 1.38 bits per heavy atom. The van der Waals surface area contributed by atoms with Crippen LogP contribution in [0.1, 0.15) is 29.5 Å². The minimum Gasteiger partial charge on any atom is -0.256 e. The number of benzene rings is 3. The Morgan fingerprint density at radius 1 is 0.793 bits per heavy atom. The fourth-order valence-electron chi connectivity index (χ4n) is 2.96. The monoisotopic (exact) mass is 393 g/mol. The van der Waals surface area contributed by atoms with Gasteiger partial charge in [-0.2, -0.15) is 13.2 Å². The van der Waals surface area contributed by atoms with E-state index in [9.17, 15) is 13.2 Å². The van der Waals surface area contributed by atoms with Gasteiger partial charge in [-0.1, -0.05) is 54.6 Å². The van der Waals surface area contributed by atoms with Crippen LogP contribution < -0.4 is 0 Å². The normalized spacial score (nSPS) is 11.7. The first-order valence-corrected chi connectivity index (χ1v) is 9.47. The summed E-state index contributed by atoms with van der Waals surface area (Å²) in [5.41, 5.74) is 4.04. The summed E-state index contributed by atoms with van der Waals surface area (Å²) in [6, 6.07) is 20.9. The minimum absolute atomic E-state index is 0.644. The molecule has 0 radical (unpaired) electrons. The van der Waals surface area contributed by atoms with Crippen molar-refractivity contribution in [2.45, 2.75) is 25.4 Å². The third-order valence-corrected chi connectivity index (χ3v) is 4.63. The summed E-state index contributed by atoms with van der Waals surface area (Å²) in [5, 5.41) is 0. The average Bonchev–Trinajstić information content (AvgIpc) is 2.73. The Bertz CT molecular complexity index is 951. The van der Waals surface area contributed by atoms with Gasteiger partial charge in [0.25, 0.3) is 0 Å². The summed E-state index contributed by atoms with van der Waals surface area (Å²) in [4.78, 5) is 4.48. The van der Waals surface area contributed by atoms with Crippen LogP contribution in [0.2, 0.25) is 0 Å². The van der Waals surface area contributed by atoms with Gasteiger partial charge in [0.1, 0.15) is 0 Å². The lowest BCUT2D eigenvalue weighted by Crippen LogP contribution is -2.03. The maximum absolute atomic E-state index is 12.7. The second-order valence-electron chi connectivity index (χ2n) is 6.80. The predicted octanol–water partition coefficient (Wildman–Crippen LogP) is 7.63. The fourth-order valence-corrected chi connectivity index (χ4v) is 2.96. The summed E-state index contributed by atoms with van der Waals surface area (Å²) >= 11 is 0. The first kappa shape index (κ1) is 20.6. The van der Waals surface area contributed by atoms with Crippen molar-refractivity contribution in [3.63, 3.8) is 0 Å². The molecule has 0 aliphatic rings. The molecule has 1 nitrogen and oxygen atoms in total. The molecule has 0 aliphatic heterocycles. The fraction of sp³-hybridized carbons (Fsp3) is 0.160. The highest BCUT2D eigenvalue weighted by Crippen LogP contribution is 2.31. The van der Waals surface area contributed by atoms with Gasteiger partial charge in [-0.25, -0.2) is 0 Å². The van der Waals surface area contributed by atoms with Gasteiger partial charge >= 0.3 is 6.18 Å². The summed E-state index contributed by atoms with van der Waals surface area (Å²) in [6.07, 6.45) is 2.58. The number of aliphatic imine (C=N–C) groups is 1. The van der Waals surface area contributed by atoms with Gasteiger partial charge in [-0.05, 0) is 65.8 Å². The van der Waals surface area contributed by atoms with Crippen LogP contribution in [0.25, 0.3) is 11.1 Å². The van der Waals surface area contributed by atoms with Crippen molar-refractivity contribution >= 4 is 11.9 Å². The van der Waals surface area contributed by atoms with Gasteiger partial charge in [-0.15, -0.1) is 6.58 Å². The van der Waals surface area contributed by atoms with E-state index in [0.717, 1.165) is 53.8 Å². The van der Waals surface area contributed by atoms with Crippen LogP contribution in [0.3, 0.4) is 0 Å². The van der Waals surface area contributed by atoms with Gasteiger partial charge in [0, 0.05) is 6.21 Å². The molecule has 0 heterocycles. The molecule has 0 saturated carbocycles. The number of aryl methyl sites for hydroxylation is 1. The number of unbranched alkanes of at least 4 members (excludes halogenated alkanes) is 1. The molecule has 0 bridgehead atoms. The zero-order valence-corrected chi connectivity index (χ0v) is 16.0. The molecule has 0 saturated heterocycles. The van der Waals surface area contributed by atoms with E-state index in [4.69, 9.17) is 0 Å². The van der Waals surface area contributed by atoms with Crippen LogP contribution >= 0.6 is 0 Å². The minimum atomic E-state index is -4.32. The molecule has 0 aromatic heterocycles. The van der Waals surface area contributed by atoms with Crippen molar-refractivity contribution in [3.05, 3.63) is 102 Å². The highest BCUT2D eigenvalue weighted by Gasteiger charge is 2.29. The van der Waals surface area contributed by atoms with Crippen LogP contribution in [0.4, 0.5) is 18.9 Å². The molecular formula is C25H22F3N. The molecule has 148 valence electrons. The molecular weight excluding hydrogens is 371 g/mol. The van der Waals surface area contributed by atoms with Gasteiger partial charge in [0.2, 0.25) is 0 Å². The number of allylic oxidation sites excluding steroid dienone is 1. The summed E-state index contributed by atoms with van der Waals surface area (Å²) in [5.74, 6) is 0. The van der Waals surface area contributed by atoms with E-state index in [1.165, 1.54) is 17.7 Å². The zero-order valence-electron chi connectivity index (χ0n) is 16.0. The molecule has 29 heavy (non-hydrogen) atoms. The van der Waals surface area contributed by atoms with E-state index in [0.29, 0.717) is 0 Å². The van der Waals surface area contributed by atoms with E-state index >= 15 is 0 Å². The maximum atomic E-state index is 12.7. The van der Waals surface area contributed by atoms with Crippen molar-refractivity contribution < 1.29 is 13.2 Å². The Morgan fingerprint density at radius 3 is 1.93 bits per heavy atom. The number of rotatable bonds is 7. The molecule has 0 aliphatic carbocycles. The van der Waals surface area contributed by atoms with Crippen molar-refractivity contribution in [1.29, 1.82) is 0 Å². The summed E-state index contributed by atoms with van der Waals surface area (Å²) in [6.45, 7) is 3.74. The lowest BCUT2D eigenvalue weighted by atomic mass is 10.0. The second kappa shape index (κ2) is 9.37. The zero-order chi connectivity index (χ0) is 20.7. The highest BCUT2D eigenvalue weighted by molar-refractivity contribution is 5.82. The molecule has 0 spiro atoms. The quantitative estimate of drug-likeness (QED) is 0.222. The van der Waals surface area contributed by atoms with E-state index in [1.54, 1.807) is 6.21 Å². The molecule has 4 heteroatoms. The van der Waals surface area contributed by atoms with Crippen molar-refractivity contribution in [3.8, 4) is 11.1 Å². The highest BCUT2D eigenvalue weighted by atomic mass is 19.4. The van der Waals surface area contributed by atoms with Gasteiger partial charge in [0.05, 0.1) is 11.3 Å². The molecule has 3 rings (SSSR count). The van der Waals surface area contributed by atoms with Crippen molar-refractivity contribution in [2.75, 3.05) is 0 Å². The Labute approximate surface area is 169 Å². The largest absolute Gasteiger partial charge is 0.416 e. The number of nitrogens with zero attached hydrogens (tertiary/aromatic N) is 1. The smallest absolute Gasteiger partial charge is 0.256 e. The van der Waals surface area contributed by atoms with E-state index in [2.05, 4.69) is 23.7 Å². The molecule has 0 N–H and O–H groups in total. The molecule has 3 aromatic carbocycles. The summed E-state index contributed by atoms with van der Waals surface area (Å²) < 4.78 is 38.0. The molecule has 0 atom stereocenters. The standard InChI is InChI=1S/C25H22F3N/c1-2-3-4-5-19-6-8-20(9-7-19)18-29-24-16-12-22(13-17-24)21-10-14-23(15-11-21)25(26,27)28/h2,6-18H,1,3-5H2. The van der Waals surface area contributed by atoms with Crippen molar-refractivity contribution in [2.24, 2.45) is 4.99 Å². The van der Waals surface area contributed by atoms with E-state index < -0.39 is 11.7 Å². The van der Waals surface area contributed by atoms with Gasteiger partial charge < -0.3 is 0 Å². The second-order valence-corrected chi connectivity index (χ2v) is 6.80. The molecule has 0 unspecified atom stereocenters. The third kappa shape index (κ3) is 5.92. The Balaban J connectivity index is 1.63. The molecule has 0 amide bonds. The van der Waals surface area contributed by atoms with Gasteiger partial charge in [-0.3, -0.25) is 4.99 Å². The SMILES string of the molecule is C=CCCCc1ccc(C=Nc2ccc(-c3ccc(C(F)(F)F)cc3)cc2)cc1. The Hall–Kier alpha value is -3.14. The molecule has 0 fully saturated rings. The topological polar surface area (TPSA) is 12.4 Å². The van der Waals surface area contributed by atoms with Crippen molar-refractivity contribution in [1.82, 2.24) is 0 Å². The molecule has 3 aromatic rings. The maximum Gasteiger partial charge on any atom is 0.416 e. The van der Waals surface area contributed by atoms with Crippen LogP contribution in [0.15, 0.2) is 90.4 Å². The number of hydrogen-bond donors (Lipinski definition) is 0. The first-order valence-electron chi connectivity index (χ1n) is 9.47. The van der Waals surface area contributed by atoms with Crippen LogP contribution in [-0.2, 0) is 12.6 Å². The lowest BCUT2D eigenvalue weighted by molar-refractivity contribution is -0.137. The van der Waals surface area contributed by atoms with Crippen LogP contribution in [0, 0.1) is 0 Å².